The Kier molecular flexibility index (Phi) is 2.66. The molecule has 0 fully saturated rings. The molecule has 0 bridgehead atoms. The molecular weight excluding hydrogens is 258 g/mol. The van der Waals surface area contributed by atoms with Crippen molar-refractivity contribution >= 4 is 10.9 Å². The van der Waals surface area contributed by atoms with Crippen molar-refractivity contribution in [3.8, 4) is 0 Å². The Morgan fingerprint density at radius 3 is 2.38 bits per heavy atom. The summed E-state index contributed by atoms with van der Waals surface area (Å²) in [5, 5.41) is 5.92. The number of benzene rings is 2. The van der Waals surface area contributed by atoms with Gasteiger partial charge in [-0.3, -0.25) is 4.68 Å². The minimum atomic E-state index is -0.208. The second kappa shape index (κ2) is 4.43. The molecule has 0 aliphatic heterocycles. The van der Waals surface area contributed by atoms with Crippen molar-refractivity contribution < 1.29 is 0 Å². The van der Waals surface area contributed by atoms with Crippen LogP contribution in [0.25, 0.3) is 10.9 Å². The fraction of sp³-hybridized carbons (Fsp3) is 0.278. The van der Waals surface area contributed by atoms with E-state index in [4.69, 9.17) is 10.8 Å². The van der Waals surface area contributed by atoms with Gasteiger partial charge in [-0.05, 0) is 30.0 Å². The van der Waals surface area contributed by atoms with Gasteiger partial charge in [-0.15, -0.1) is 0 Å². The second-order valence-electron chi connectivity index (χ2n) is 6.25. The van der Waals surface area contributed by atoms with E-state index in [1.807, 2.05) is 11.7 Å². The number of hydrogen-bond acceptors (Lipinski definition) is 2. The highest BCUT2D eigenvalue weighted by atomic mass is 15.3. The SMILES string of the molecule is Cn1nc(CC2(N)Cc3ccccc3C2)c2ccccc21. The summed E-state index contributed by atoms with van der Waals surface area (Å²) in [5.74, 6) is 0. The molecule has 0 saturated heterocycles. The summed E-state index contributed by atoms with van der Waals surface area (Å²) in [6.07, 6.45) is 2.70. The van der Waals surface area contributed by atoms with Crippen molar-refractivity contribution in [3.63, 3.8) is 0 Å². The van der Waals surface area contributed by atoms with Crippen LogP contribution < -0.4 is 5.73 Å². The molecule has 4 rings (SSSR count). The predicted molar refractivity (Wildman–Crippen MR) is 85.2 cm³/mol. The Bertz CT molecular complexity index is 791. The van der Waals surface area contributed by atoms with E-state index in [9.17, 15) is 0 Å². The third kappa shape index (κ3) is 2.05. The van der Waals surface area contributed by atoms with Crippen LogP contribution in [0, 0.1) is 0 Å². The van der Waals surface area contributed by atoms with Crippen LogP contribution in [-0.2, 0) is 26.3 Å². The van der Waals surface area contributed by atoms with Gasteiger partial charge < -0.3 is 5.73 Å². The summed E-state index contributed by atoms with van der Waals surface area (Å²) in [4.78, 5) is 0. The van der Waals surface area contributed by atoms with E-state index in [-0.39, 0.29) is 5.54 Å². The van der Waals surface area contributed by atoms with Crippen LogP contribution in [0.1, 0.15) is 16.8 Å². The summed E-state index contributed by atoms with van der Waals surface area (Å²) >= 11 is 0. The first-order valence-corrected chi connectivity index (χ1v) is 7.41. The Hall–Kier alpha value is -2.13. The van der Waals surface area contributed by atoms with E-state index in [2.05, 4.69) is 48.5 Å². The van der Waals surface area contributed by atoms with Crippen LogP contribution in [0.2, 0.25) is 0 Å². The van der Waals surface area contributed by atoms with Crippen molar-refractivity contribution in [3.05, 3.63) is 65.4 Å². The Morgan fingerprint density at radius 2 is 1.67 bits per heavy atom. The topological polar surface area (TPSA) is 43.8 Å². The maximum atomic E-state index is 6.69. The first-order valence-electron chi connectivity index (χ1n) is 7.41. The van der Waals surface area contributed by atoms with Gasteiger partial charge in [0.2, 0.25) is 0 Å². The molecule has 0 atom stereocenters. The van der Waals surface area contributed by atoms with Gasteiger partial charge in [0.15, 0.2) is 0 Å². The molecule has 3 heteroatoms. The lowest BCUT2D eigenvalue weighted by Gasteiger charge is -2.22. The van der Waals surface area contributed by atoms with Crippen molar-refractivity contribution in [2.75, 3.05) is 0 Å². The Labute approximate surface area is 124 Å². The standard InChI is InChI=1S/C18H19N3/c1-21-17-9-5-4-8-15(17)16(20-21)12-18(19)10-13-6-2-3-7-14(13)11-18/h2-9H,10-12,19H2,1H3. The zero-order valence-electron chi connectivity index (χ0n) is 12.2. The average Bonchev–Trinajstić information content (AvgIpc) is 2.97. The zero-order chi connectivity index (χ0) is 14.4. The number of nitrogens with two attached hydrogens (primary N) is 1. The fourth-order valence-corrected chi connectivity index (χ4v) is 3.60. The zero-order valence-corrected chi connectivity index (χ0v) is 12.2. The molecule has 3 nitrogen and oxygen atoms in total. The molecule has 0 spiro atoms. The highest BCUT2D eigenvalue weighted by molar-refractivity contribution is 5.82. The van der Waals surface area contributed by atoms with Crippen LogP contribution in [-0.4, -0.2) is 15.3 Å². The first-order chi connectivity index (χ1) is 10.1. The lowest BCUT2D eigenvalue weighted by atomic mass is 9.90. The molecule has 2 aromatic carbocycles. The van der Waals surface area contributed by atoms with Crippen molar-refractivity contribution in [1.29, 1.82) is 0 Å². The molecule has 21 heavy (non-hydrogen) atoms. The summed E-state index contributed by atoms with van der Waals surface area (Å²) in [6, 6.07) is 17.0. The normalized spacial score (nSPS) is 16.3. The second-order valence-corrected chi connectivity index (χ2v) is 6.25. The van der Waals surface area contributed by atoms with Gasteiger partial charge in [0.1, 0.15) is 0 Å². The van der Waals surface area contributed by atoms with E-state index in [1.54, 1.807) is 0 Å². The summed E-state index contributed by atoms with van der Waals surface area (Å²) in [6.45, 7) is 0. The van der Waals surface area contributed by atoms with E-state index < -0.39 is 0 Å². The third-order valence-electron chi connectivity index (χ3n) is 4.56. The van der Waals surface area contributed by atoms with E-state index >= 15 is 0 Å². The number of hydrogen-bond donors (Lipinski definition) is 1. The molecule has 0 unspecified atom stereocenters. The lowest BCUT2D eigenvalue weighted by molar-refractivity contribution is 0.440. The molecule has 0 radical (unpaired) electrons. The third-order valence-corrected chi connectivity index (χ3v) is 4.56. The van der Waals surface area contributed by atoms with Crippen molar-refractivity contribution in [2.45, 2.75) is 24.8 Å². The number of nitrogens with zero attached hydrogens (tertiary/aromatic N) is 2. The molecule has 1 aromatic heterocycles. The lowest BCUT2D eigenvalue weighted by Crippen LogP contribution is -2.43. The van der Waals surface area contributed by atoms with Gasteiger partial charge in [-0.2, -0.15) is 5.10 Å². The molecule has 3 aromatic rings. The van der Waals surface area contributed by atoms with Crippen molar-refractivity contribution in [2.24, 2.45) is 12.8 Å². The molecule has 1 aliphatic carbocycles. The molecule has 106 valence electrons. The number of para-hydroxylation sites is 1. The molecule has 1 aliphatic rings. The van der Waals surface area contributed by atoms with E-state index in [1.165, 1.54) is 22.0 Å². The van der Waals surface area contributed by atoms with Crippen LogP contribution in [0.3, 0.4) is 0 Å². The van der Waals surface area contributed by atoms with Gasteiger partial charge in [0, 0.05) is 24.4 Å². The van der Waals surface area contributed by atoms with E-state index in [0.717, 1.165) is 25.0 Å². The maximum absolute atomic E-state index is 6.69. The summed E-state index contributed by atoms with van der Waals surface area (Å²) in [7, 11) is 2.00. The molecular formula is C18H19N3. The quantitative estimate of drug-likeness (QED) is 0.782. The van der Waals surface area contributed by atoms with Crippen LogP contribution >= 0.6 is 0 Å². The monoisotopic (exact) mass is 277 g/mol. The molecule has 0 saturated carbocycles. The minimum Gasteiger partial charge on any atom is -0.324 e. The van der Waals surface area contributed by atoms with E-state index in [0.29, 0.717) is 0 Å². The smallest absolute Gasteiger partial charge is 0.0721 e. The Morgan fingerprint density at radius 1 is 1.05 bits per heavy atom. The number of rotatable bonds is 2. The van der Waals surface area contributed by atoms with Gasteiger partial charge in [-0.1, -0.05) is 42.5 Å². The van der Waals surface area contributed by atoms with Crippen LogP contribution in [0.5, 0.6) is 0 Å². The summed E-state index contributed by atoms with van der Waals surface area (Å²) < 4.78 is 1.95. The van der Waals surface area contributed by atoms with Gasteiger partial charge >= 0.3 is 0 Å². The largest absolute Gasteiger partial charge is 0.324 e. The molecule has 1 heterocycles. The molecule has 2 N–H and O–H groups in total. The number of fused-ring (bicyclic) bond motifs is 2. The Balaban J connectivity index is 1.70. The average molecular weight is 277 g/mol. The minimum absolute atomic E-state index is 0.208. The van der Waals surface area contributed by atoms with Gasteiger partial charge in [0.25, 0.3) is 0 Å². The van der Waals surface area contributed by atoms with Gasteiger partial charge in [0.05, 0.1) is 11.2 Å². The van der Waals surface area contributed by atoms with Crippen LogP contribution in [0.15, 0.2) is 48.5 Å². The van der Waals surface area contributed by atoms with Crippen LogP contribution in [0.4, 0.5) is 0 Å². The highest BCUT2D eigenvalue weighted by Crippen LogP contribution is 2.32. The predicted octanol–water partition coefficient (Wildman–Crippen LogP) is 2.61. The van der Waals surface area contributed by atoms with Gasteiger partial charge in [-0.25, -0.2) is 0 Å². The molecule has 0 amide bonds. The first kappa shape index (κ1) is 12.6. The summed E-state index contributed by atoms with van der Waals surface area (Å²) in [5.41, 5.74) is 11.6. The van der Waals surface area contributed by atoms with Crippen molar-refractivity contribution in [1.82, 2.24) is 9.78 Å². The number of aromatic nitrogens is 2. The maximum Gasteiger partial charge on any atom is 0.0721 e. The fourth-order valence-electron chi connectivity index (χ4n) is 3.60. The number of aryl methyl sites for hydroxylation is 1. The highest BCUT2D eigenvalue weighted by Gasteiger charge is 2.34.